The summed E-state index contributed by atoms with van der Waals surface area (Å²) in [5.74, 6) is 0.442. The Hall–Kier alpha value is -2.96. The quantitative estimate of drug-likeness (QED) is 0.337. The Balaban J connectivity index is 1.37. The maximum Gasteiger partial charge on any atom is 0.197 e. The summed E-state index contributed by atoms with van der Waals surface area (Å²) < 4.78 is 31.0. The number of ketones is 1. The first-order valence-corrected chi connectivity index (χ1v) is 15.7. The van der Waals surface area contributed by atoms with Gasteiger partial charge in [-0.15, -0.1) is 0 Å². The minimum absolute atomic E-state index is 0.0852. The van der Waals surface area contributed by atoms with E-state index >= 15 is 0 Å². The van der Waals surface area contributed by atoms with Crippen molar-refractivity contribution in [2.24, 2.45) is 0 Å². The van der Waals surface area contributed by atoms with Crippen LogP contribution in [0.4, 0.5) is 0 Å². The number of hydrogen-bond acceptors (Lipinski definition) is 7. The van der Waals surface area contributed by atoms with Gasteiger partial charge in [0.25, 0.3) is 0 Å². The van der Waals surface area contributed by atoms with Gasteiger partial charge in [0.05, 0.1) is 23.8 Å². The van der Waals surface area contributed by atoms with Gasteiger partial charge in [-0.2, -0.15) is 5.26 Å². The van der Waals surface area contributed by atoms with E-state index in [4.69, 9.17) is 23.1 Å². The fraction of sp³-hybridized carbons (Fsp3) is 0.484. The number of carbonyl (C=O) groups is 1. The third kappa shape index (κ3) is 5.05. The number of carbonyl (C=O) groups excluding carboxylic acids is 1. The second-order valence-corrected chi connectivity index (χ2v) is 16.0. The zero-order valence-electron chi connectivity index (χ0n) is 24.0. The molecule has 1 aliphatic heterocycles. The van der Waals surface area contributed by atoms with Crippen molar-refractivity contribution in [3.8, 4) is 11.8 Å². The molecule has 7 nitrogen and oxygen atoms in total. The normalized spacial score (nSPS) is 22.3. The van der Waals surface area contributed by atoms with Crippen LogP contribution in [-0.2, 0) is 19.3 Å². The molecule has 1 saturated heterocycles. The Labute approximate surface area is 231 Å². The molecule has 0 bridgehead atoms. The SMILES string of the molecule is C[SiH](OC[C@H]1OC(C)(C)O[C@@H]1COc1ccc2c(c1)C(C)(C)c1oc3cc(C#N)ccc3c1C2=O)C(C)(C)C. The highest BCUT2D eigenvalue weighted by molar-refractivity contribution is 6.53. The van der Waals surface area contributed by atoms with Gasteiger partial charge in [-0.3, -0.25) is 4.79 Å². The average Bonchev–Trinajstić information content (AvgIpc) is 3.40. The van der Waals surface area contributed by atoms with E-state index in [1.807, 2.05) is 45.9 Å². The molecule has 206 valence electrons. The number of nitrogens with zero attached hydrogens (tertiary/aromatic N) is 1. The van der Waals surface area contributed by atoms with Crippen molar-refractivity contribution in [2.75, 3.05) is 13.2 Å². The van der Waals surface area contributed by atoms with Crippen molar-refractivity contribution >= 4 is 25.8 Å². The number of hydrogen-bond donors (Lipinski definition) is 0. The summed E-state index contributed by atoms with van der Waals surface area (Å²) >= 11 is 0. The van der Waals surface area contributed by atoms with Crippen LogP contribution in [-0.4, -0.2) is 46.0 Å². The number of benzene rings is 2. The molecule has 3 atom stereocenters. The summed E-state index contributed by atoms with van der Waals surface area (Å²) in [5.41, 5.74) is 2.49. The smallest absolute Gasteiger partial charge is 0.197 e. The fourth-order valence-corrected chi connectivity index (χ4v) is 6.25. The maximum atomic E-state index is 13.6. The first-order valence-electron chi connectivity index (χ1n) is 13.5. The minimum atomic E-state index is -1.41. The van der Waals surface area contributed by atoms with Crippen molar-refractivity contribution < 1.29 is 27.8 Å². The molecule has 1 aromatic heterocycles. The van der Waals surface area contributed by atoms with Gasteiger partial charge in [-0.1, -0.05) is 20.8 Å². The number of furan rings is 1. The molecule has 0 N–H and O–H groups in total. The molecule has 2 heterocycles. The summed E-state index contributed by atoms with van der Waals surface area (Å²) in [7, 11) is -1.41. The van der Waals surface area contributed by atoms with E-state index in [1.165, 1.54) is 0 Å². The van der Waals surface area contributed by atoms with E-state index in [-0.39, 0.29) is 23.0 Å². The zero-order chi connectivity index (χ0) is 28.3. The molecule has 0 radical (unpaired) electrons. The van der Waals surface area contributed by atoms with E-state index in [9.17, 15) is 10.1 Å². The molecule has 2 aromatic carbocycles. The van der Waals surface area contributed by atoms with Crippen LogP contribution in [0.5, 0.6) is 5.75 Å². The van der Waals surface area contributed by atoms with Gasteiger partial charge in [0.15, 0.2) is 20.6 Å². The summed E-state index contributed by atoms with van der Waals surface area (Å²) in [4.78, 5) is 13.6. The highest BCUT2D eigenvalue weighted by Crippen LogP contribution is 2.46. The van der Waals surface area contributed by atoms with Crippen LogP contribution in [0.1, 0.15) is 81.3 Å². The first kappa shape index (κ1) is 27.6. The largest absolute Gasteiger partial charge is 0.491 e. The molecular weight excluding hydrogens is 510 g/mol. The summed E-state index contributed by atoms with van der Waals surface area (Å²) in [6.07, 6.45) is -0.521. The first-order chi connectivity index (χ1) is 18.2. The lowest BCUT2D eigenvalue weighted by atomic mass is 9.71. The van der Waals surface area contributed by atoms with E-state index in [0.29, 0.717) is 47.0 Å². The van der Waals surface area contributed by atoms with Crippen molar-refractivity contribution in [3.05, 3.63) is 64.4 Å². The van der Waals surface area contributed by atoms with Crippen LogP contribution in [0.3, 0.4) is 0 Å². The third-order valence-corrected chi connectivity index (χ3v) is 11.1. The van der Waals surface area contributed by atoms with E-state index in [1.54, 1.807) is 18.2 Å². The number of nitriles is 1. The van der Waals surface area contributed by atoms with Crippen molar-refractivity contribution in [2.45, 2.75) is 83.5 Å². The van der Waals surface area contributed by atoms with Gasteiger partial charge >= 0.3 is 0 Å². The fourth-order valence-electron chi connectivity index (χ4n) is 5.28. The van der Waals surface area contributed by atoms with Crippen LogP contribution < -0.4 is 4.74 Å². The van der Waals surface area contributed by atoms with E-state index < -0.39 is 20.2 Å². The number of ether oxygens (including phenoxy) is 3. The van der Waals surface area contributed by atoms with Crippen LogP contribution in [0.15, 0.2) is 40.8 Å². The van der Waals surface area contributed by atoms with Crippen LogP contribution in [0.25, 0.3) is 11.0 Å². The Bertz CT molecular complexity index is 1470. The molecule has 1 unspecified atom stereocenters. The van der Waals surface area contributed by atoms with Crippen LogP contribution in [0.2, 0.25) is 11.6 Å². The van der Waals surface area contributed by atoms with E-state index in [2.05, 4.69) is 33.4 Å². The predicted molar refractivity (Wildman–Crippen MR) is 151 cm³/mol. The van der Waals surface area contributed by atoms with Gasteiger partial charge in [0.2, 0.25) is 0 Å². The molecule has 0 spiro atoms. The summed E-state index contributed by atoms with van der Waals surface area (Å²) in [5, 5.41) is 10.2. The highest BCUT2D eigenvalue weighted by atomic mass is 28.3. The molecule has 8 heteroatoms. The molecule has 39 heavy (non-hydrogen) atoms. The van der Waals surface area contributed by atoms with Gasteiger partial charge < -0.3 is 23.1 Å². The molecule has 1 aliphatic carbocycles. The van der Waals surface area contributed by atoms with Crippen molar-refractivity contribution in [1.82, 2.24) is 0 Å². The van der Waals surface area contributed by atoms with Gasteiger partial charge in [-0.25, -0.2) is 0 Å². The molecule has 0 amide bonds. The molecule has 5 rings (SSSR count). The maximum absolute atomic E-state index is 13.6. The Morgan fingerprint density at radius 1 is 1.03 bits per heavy atom. The minimum Gasteiger partial charge on any atom is -0.491 e. The number of rotatable bonds is 6. The Kier molecular flexibility index (Phi) is 6.79. The second kappa shape index (κ2) is 9.60. The van der Waals surface area contributed by atoms with Crippen LogP contribution >= 0.6 is 0 Å². The lowest BCUT2D eigenvalue weighted by molar-refractivity contribution is -0.150. The molecule has 2 aliphatic rings. The standard InChI is InChI=1S/C31H37NO6Si/c1-29(2,3)39(8)35-17-25-24(37-31(6,7)38-25)16-34-19-10-12-20-22(14-19)30(4,5)28-26(27(20)33)21-11-9-18(15-32)13-23(21)36-28/h9-14,24-25,39H,16-17H2,1-8H3/t24-,25-,39?/m1/s1. The molecule has 1 fully saturated rings. The Morgan fingerprint density at radius 3 is 2.38 bits per heavy atom. The van der Waals surface area contributed by atoms with E-state index in [0.717, 1.165) is 10.9 Å². The molecular formula is C31H37NO6Si. The van der Waals surface area contributed by atoms with Crippen LogP contribution in [0, 0.1) is 11.3 Å². The summed E-state index contributed by atoms with van der Waals surface area (Å²) in [6, 6.07) is 12.9. The third-order valence-electron chi connectivity index (χ3n) is 7.95. The van der Waals surface area contributed by atoms with Crippen molar-refractivity contribution in [1.29, 1.82) is 5.26 Å². The average molecular weight is 548 g/mol. The lowest BCUT2D eigenvalue weighted by Gasteiger charge is -2.31. The summed E-state index contributed by atoms with van der Waals surface area (Å²) in [6.45, 7) is 17.5. The topological polar surface area (TPSA) is 90.9 Å². The van der Waals surface area contributed by atoms with Gasteiger partial charge in [-0.05, 0) is 81.2 Å². The molecule has 3 aromatic rings. The van der Waals surface area contributed by atoms with Crippen molar-refractivity contribution in [3.63, 3.8) is 0 Å². The lowest BCUT2D eigenvalue weighted by Crippen LogP contribution is -2.36. The monoisotopic (exact) mass is 547 g/mol. The number of fused-ring (bicyclic) bond motifs is 4. The zero-order valence-corrected chi connectivity index (χ0v) is 25.2. The van der Waals surface area contributed by atoms with Gasteiger partial charge in [0, 0.05) is 16.4 Å². The molecule has 0 saturated carbocycles. The van der Waals surface area contributed by atoms with Gasteiger partial charge in [0.1, 0.15) is 35.9 Å². The Morgan fingerprint density at radius 2 is 1.72 bits per heavy atom. The predicted octanol–water partition coefficient (Wildman–Crippen LogP) is 6.24. The highest BCUT2D eigenvalue weighted by Gasteiger charge is 2.44. The second-order valence-electron chi connectivity index (χ2n) is 12.7.